The van der Waals surface area contributed by atoms with E-state index in [1.807, 2.05) is 24.3 Å². The summed E-state index contributed by atoms with van der Waals surface area (Å²) >= 11 is 12.3. The van der Waals surface area contributed by atoms with Crippen molar-refractivity contribution in [1.29, 1.82) is 0 Å². The first-order valence-corrected chi connectivity index (χ1v) is 18.6. The standard InChI is InChI=1S/C36H43Cl2N3O3S/c37-32-15-14-30(24-33(32)38)45(43,44)41-23-18-28-12-6-7-13-31(28)34(41)25-35(42)39-29-16-19-36(20-17-29,26-27-10-4-3-5-11-27)40-21-8-1-2-9-22-40/h3-7,10-15,24,29,34H,1-2,8-9,16-23,25-26H2,(H,39,42). The average molecular weight is 669 g/mol. The molecule has 3 aromatic carbocycles. The fraction of sp³-hybridized carbons (Fsp3) is 0.472. The van der Waals surface area contributed by atoms with Gasteiger partial charge in [-0.05, 0) is 99.3 Å². The van der Waals surface area contributed by atoms with Gasteiger partial charge in [0.15, 0.2) is 0 Å². The van der Waals surface area contributed by atoms with Gasteiger partial charge < -0.3 is 5.32 Å². The van der Waals surface area contributed by atoms with E-state index in [4.69, 9.17) is 23.2 Å². The van der Waals surface area contributed by atoms with Crippen LogP contribution in [0.5, 0.6) is 0 Å². The van der Waals surface area contributed by atoms with Gasteiger partial charge in [-0.2, -0.15) is 4.31 Å². The number of carbonyl (C=O) groups excluding carboxylic acids is 1. The second-order valence-corrected chi connectivity index (χ2v) is 15.7. The van der Waals surface area contributed by atoms with Crippen LogP contribution in [0, 0.1) is 0 Å². The molecule has 45 heavy (non-hydrogen) atoms. The molecule has 0 spiro atoms. The fourth-order valence-corrected chi connectivity index (χ4v) is 9.78. The van der Waals surface area contributed by atoms with Gasteiger partial charge in [0.05, 0.1) is 21.0 Å². The molecule has 6 rings (SSSR count). The van der Waals surface area contributed by atoms with E-state index in [-0.39, 0.29) is 33.8 Å². The first kappa shape index (κ1) is 32.5. The molecule has 2 heterocycles. The highest BCUT2D eigenvalue weighted by Crippen LogP contribution is 2.40. The number of fused-ring (bicyclic) bond motifs is 1. The van der Waals surface area contributed by atoms with E-state index in [0.29, 0.717) is 18.0 Å². The number of hydrogen-bond donors (Lipinski definition) is 1. The molecule has 1 aliphatic carbocycles. The highest BCUT2D eigenvalue weighted by atomic mass is 35.5. The molecule has 0 bridgehead atoms. The van der Waals surface area contributed by atoms with Crippen molar-refractivity contribution in [2.24, 2.45) is 0 Å². The van der Waals surface area contributed by atoms with Crippen LogP contribution in [0.15, 0.2) is 77.7 Å². The van der Waals surface area contributed by atoms with Gasteiger partial charge in [0.1, 0.15) is 0 Å². The largest absolute Gasteiger partial charge is 0.353 e. The van der Waals surface area contributed by atoms with E-state index in [9.17, 15) is 13.2 Å². The lowest BCUT2D eigenvalue weighted by Crippen LogP contribution is -2.55. The SMILES string of the molecule is O=C(CC1c2ccccc2CCN1S(=O)(=O)c1ccc(Cl)c(Cl)c1)NC1CCC(Cc2ccccc2)(N2CCCCCC2)CC1. The van der Waals surface area contributed by atoms with E-state index in [2.05, 4.69) is 40.5 Å². The molecule has 1 saturated heterocycles. The van der Waals surface area contributed by atoms with E-state index < -0.39 is 16.1 Å². The number of likely N-dealkylation sites (tertiary alicyclic amines) is 1. The summed E-state index contributed by atoms with van der Waals surface area (Å²) in [5.74, 6) is -0.110. The molecule has 2 fully saturated rings. The molecular formula is C36H43Cl2N3O3S. The molecule has 3 aliphatic rings. The molecule has 2 aliphatic heterocycles. The molecule has 6 nitrogen and oxygen atoms in total. The van der Waals surface area contributed by atoms with Crippen LogP contribution in [0.3, 0.4) is 0 Å². The molecule has 1 saturated carbocycles. The minimum atomic E-state index is -3.93. The average Bonchev–Trinajstić information content (AvgIpc) is 3.34. The third-order valence-electron chi connectivity index (χ3n) is 10.2. The Kier molecular flexibility index (Phi) is 10.2. The summed E-state index contributed by atoms with van der Waals surface area (Å²) in [6, 6.07) is 22.5. The predicted octanol–water partition coefficient (Wildman–Crippen LogP) is 7.59. The Balaban J connectivity index is 1.17. The maximum absolute atomic E-state index is 13.9. The Morgan fingerprint density at radius 3 is 2.24 bits per heavy atom. The maximum atomic E-state index is 13.9. The molecule has 0 aromatic heterocycles. The smallest absolute Gasteiger partial charge is 0.243 e. The number of amides is 1. The monoisotopic (exact) mass is 667 g/mol. The fourth-order valence-electron chi connectivity index (χ4n) is 7.79. The molecule has 9 heteroatoms. The summed E-state index contributed by atoms with van der Waals surface area (Å²) in [6.45, 7) is 2.58. The zero-order valence-electron chi connectivity index (χ0n) is 25.8. The van der Waals surface area contributed by atoms with E-state index in [1.165, 1.54) is 53.8 Å². The van der Waals surface area contributed by atoms with Crippen molar-refractivity contribution in [2.75, 3.05) is 19.6 Å². The van der Waals surface area contributed by atoms with Crippen LogP contribution in [0.1, 0.15) is 80.5 Å². The Morgan fingerprint density at radius 1 is 0.844 bits per heavy atom. The lowest BCUT2D eigenvalue weighted by atomic mass is 9.74. The molecule has 1 N–H and O–H groups in total. The Hall–Kier alpha value is -2.42. The molecule has 3 aromatic rings. The third kappa shape index (κ3) is 7.28. The number of nitrogens with one attached hydrogen (secondary N) is 1. The normalized spacial score (nSPS) is 24.8. The van der Waals surface area contributed by atoms with Gasteiger partial charge in [-0.1, -0.05) is 90.6 Å². The maximum Gasteiger partial charge on any atom is 0.243 e. The van der Waals surface area contributed by atoms with Crippen molar-refractivity contribution in [1.82, 2.24) is 14.5 Å². The Bertz CT molecular complexity index is 1580. The zero-order valence-corrected chi connectivity index (χ0v) is 28.1. The number of rotatable bonds is 8. The van der Waals surface area contributed by atoms with Crippen LogP contribution < -0.4 is 5.32 Å². The number of benzene rings is 3. The van der Waals surface area contributed by atoms with Crippen molar-refractivity contribution >= 4 is 39.1 Å². The number of nitrogens with zero attached hydrogens (tertiary/aromatic N) is 2. The minimum Gasteiger partial charge on any atom is -0.353 e. The van der Waals surface area contributed by atoms with Crippen molar-refractivity contribution in [3.05, 3.63) is 99.5 Å². The van der Waals surface area contributed by atoms with Crippen LogP contribution in [-0.2, 0) is 27.7 Å². The predicted molar refractivity (Wildman–Crippen MR) is 181 cm³/mol. The molecule has 1 atom stereocenters. The first-order chi connectivity index (χ1) is 21.7. The van der Waals surface area contributed by atoms with E-state index in [0.717, 1.165) is 56.3 Å². The molecule has 240 valence electrons. The van der Waals surface area contributed by atoms with Crippen LogP contribution in [0.2, 0.25) is 10.0 Å². The van der Waals surface area contributed by atoms with Gasteiger partial charge in [-0.25, -0.2) is 8.42 Å². The lowest BCUT2D eigenvalue weighted by Gasteiger charge is -2.48. The lowest BCUT2D eigenvalue weighted by molar-refractivity contribution is -0.123. The van der Waals surface area contributed by atoms with E-state index >= 15 is 0 Å². The highest BCUT2D eigenvalue weighted by molar-refractivity contribution is 7.89. The number of halogens is 2. The summed E-state index contributed by atoms with van der Waals surface area (Å²) in [5, 5.41) is 3.81. The van der Waals surface area contributed by atoms with Crippen LogP contribution >= 0.6 is 23.2 Å². The summed E-state index contributed by atoms with van der Waals surface area (Å²) in [7, 11) is -3.93. The topological polar surface area (TPSA) is 69.7 Å². The van der Waals surface area contributed by atoms with Crippen molar-refractivity contribution in [3.63, 3.8) is 0 Å². The van der Waals surface area contributed by atoms with E-state index in [1.54, 1.807) is 0 Å². The van der Waals surface area contributed by atoms with Gasteiger partial charge in [-0.3, -0.25) is 9.69 Å². The van der Waals surface area contributed by atoms with Gasteiger partial charge in [0.2, 0.25) is 15.9 Å². The number of sulfonamides is 1. The summed E-state index contributed by atoms with van der Waals surface area (Å²) in [6.07, 6.45) is 10.7. The number of hydrogen-bond acceptors (Lipinski definition) is 4. The van der Waals surface area contributed by atoms with Crippen LogP contribution in [-0.4, -0.2) is 54.7 Å². The van der Waals surface area contributed by atoms with Crippen molar-refractivity contribution in [3.8, 4) is 0 Å². The van der Waals surface area contributed by atoms with Crippen LogP contribution in [0.25, 0.3) is 0 Å². The zero-order chi connectivity index (χ0) is 31.4. The van der Waals surface area contributed by atoms with Crippen molar-refractivity contribution in [2.45, 2.75) is 93.1 Å². The molecule has 1 amide bonds. The van der Waals surface area contributed by atoms with Gasteiger partial charge >= 0.3 is 0 Å². The molecule has 0 radical (unpaired) electrons. The van der Waals surface area contributed by atoms with Crippen molar-refractivity contribution < 1.29 is 13.2 Å². The van der Waals surface area contributed by atoms with Gasteiger partial charge in [0.25, 0.3) is 0 Å². The van der Waals surface area contributed by atoms with Gasteiger partial charge in [0, 0.05) is 24.5 Å². The Labute approximate surface area is 278 Å². The molecular weight excluding hydrogens is 625 g/mol. The third-order valence-corrected chi connectivity index (χ3v) is 12.8. The molecule has 1 unspecified atom stereocenters. The summed E-state index contributed by atoms with van der Waals surface area (Å²) in [4.78, 5) is 16.6. The second kappa shape index (κ2) is 14.1. The Morgan fingerprint density at radius 2 is 1.53 bits per heavy atom. The summed E-state index contributed by atoms with van der Waals surface area (Å²) < 4.78 is 29.3. The second-order valence-electron chi connectivity index (χ2n) is 13.0. The van der Waals surface area contributed by atoms with Gasteiger partial charge in [-0.15, -0.1) is 0 Å². The quantitative estimate of drug-likeness (QED) is 0.269. The number of carbonyl (C=O) groups is 1. The highest BCUT2D eigenvalue weighted by Gasteiger charge is 2.42. The summed E-state index contributed by atoms with van der Waals surface area (Å²) in [5.41, 5.74) is 3.45. The van der Waals surface area contributed by atoms with Crippen LogP contribution in [0.4, 0.5) is 0 Å². The minimum absolute atomic E-state index is 0.0648. The first-order valence-electron chi connectivity index (χ1n) is 16.4.